The summed E-state index contributed by atoms with van der Waals surface area (Å²) >= 11 is 0. The van der Waals surface area contributed by atoms with Crippen molar-refractivity contribution in [2.45, 2.75) is 6.04 Å². The van der Waals surface area contributed by atoms with E-state index in [9.17, 15) is 9.90 Å². The zero-order valence-corrected chi connectivity index (χ0v) is 9.87. The molecule has 0 aliphatic carbocycles. The summed E-state index contributed by atoms with van der Waals surface area (Å²) in [7, 11) is 0. The first-order chi connectivity index (χ1) is 8.76. The SMILES string of the molecule is NNc1ccc(C(=O)N2CCOCC2CO)nc1. The molecule has 1 fully saturated rings. The van der Waals surface area contributed by atoms with Crippen molar-refractivity contribution < 1.29 is 14.6 Å². The summed E-state index contributed by atoms with van der Waals surface area (Å²) in [5.74, 6) is 5.02. The Morgan fingerprint density at radius 2 is 2.50 bits per heavy atom. The third kappa shape index (κ3) is 2.58. The Bertz CT molecular complexity index is 409. The number of aliphatic hydroxyl groups is 1. The van der Waals surface area contributed by atoms with Gasteiger partial charge in [-0.3, -0.25) is 10.6 Å². The van der Waals surface area contributed by atoms with Gasteiger partial charge in [0.1, 0.15) is 5.69 Å². The van der Waals surface area contributed by atoms with Gasteiger partial charge in [-0.05, 0) is 12.1 Å². The van der Waals surface area contributed by atoms with E-state index in [0.29, 0.717) is 31.1 Å². The Morgan fingerprint density at radius 3 is 3.11 bits per heavy atom. The summed E-state index contributed by atoms with van der Waals surface area (Å²) in [5, 5.41) is 9.22. The number of carbonyl (C=O) groups excluding carboxylic acids is 1. The lowest BCUT2D eigenvalue weighted by Gasteiger charge is -2.34. The standard InChI is InChI=1S/C11H16N4O3/c12-14-8-1-2-10(13-5-8)11(17)15-3-4-18-7-9(15)6-16/h1-2,5,9,14,16H,3-4,6-7,12H2. The number of nitrogens with zero attached hydrogens (tertiary/aromatic N) is 2. The maximum atomic E-state index is 12.2. The van der Waals surface area contributed by atoms with E-state index < -0.39 is 0 Å². The fourth-order valence-corrected chi connectivity index (χ4v) is 1.83. The predicted octanol–water partition coefficient (Wildman–Crippen LogP) is -0.799. The highest BCUT2D eigenvalue weighted by Gasteiger charge is 2.28. The van der Waals surface area contributed by atoms with Gasteiger partial charge in [-0.1, -0.05) is 0 Å². The van der Waals surface area contributed by atoms with Crippen molar-refractivity contribution in [3.05, 3.63) is 24.0 Å². The Labute approximate surface area is 105 Å². The van der Waals surface area contributed by atoms with Crippen LogP contribution in [0, 0.1) is 0 Å². The minimum atomic E-state index is -0.305. The van der Waals surface area contributed by atoms with Gasteiger partial charge < -0.3 is 20.2 Å². The van der Waals surface area contributed by atoms with Gasteiger partial charge >= 0.3 is 0 Å². The summed E-state index contributed by atoms with van der Waals surface area (Å²) in [5.41, 5.74) is 3.40. The molecule has 1 aliphatic rings. The highest BCUT2D eigenvalue weighted by atomic mass is 16.5. The largest absolute Gasteiger partial charge is 0.394 e. The van der Waals surface area contributed by atoms with Crippen LogP contribution in [0.4, 0.5) is 5.69 Å². The molecule has 0 saturated carbocycles. The molecule has 0 aromatic carbocycles. The van der Waals surface area contributed by atoms with Gasteiger partial charge in [0, 0.05) is 6.54 Å². The molecule has 7 heteroatoms. The molecule has 4 N–H and O–H groups in total. The van der Waals surface area contributed by atoms with Gasteiger partial charge in [0.25, 0.3) is 5.91 Å². The maximum Gasteiger partial charge on any atom is 0.272 e. The van der Waals surface area contributed by atoms with Crippen molar-refractivity contribution in [1.29, 1.82) is 0 Å². The molecule has 1 saturated heterocycles. The van der Waals surface area contributed by atoms with Crippen molar-refractivity contribution in [2.75, 3.05) is 31.8 Å². The first-order valence-corrected chi connectivity index (χ1v) is 5.68. The maximum absolute atomic E-state index is 12.2. The molecular weight excluding hydrogens is 236 g/mol. The van der Waals surface area contributed by atoms with Crippen LogP contribution in [0.15, 0.2) is 18.3 Å². The van der Waals surface area contributed by atoms with Gasteiger partial charge in [-0.2, -0.15) is 0 Å². The summed E-state index contributed by atoms with van der Waals surface area (Å²) in [6.45, 7) is 1.17. The predicted molar refractivity (Wildman–Crippen MR) is 64.8 cm³/mol. The number of ether oxygens (including phenoxy) is 1. The number of hydrogen-bond acceptors (Lipinski definition) is 6. The first kappa shape index (κ1) is 12.7. The number of rotatable bonds is 3. The number of amides is 1. The Kier molecular flexibility index (Phi) is 4.08. The molecule has 1 aliphatic heterocycles. The molecule has 1 amide bonds. The molecular formula is C11H16N4O3. The highest BCUT2D eigenvalue weighted by Crippen LogP contribution is 2.12. The van der Waals surface area contributed by atoms with Gasteiger partial charge in [-0.15, -0.1) is 0 Å². The van der Waals surface area contributed by atoms with Gasteiger partial charge in [0.15, 0.2) is 0 Å². The molecule has 0 spiro atoms. The quantitative estimate of drug-likeness (QED) is 0.481. The van der Waals surface area contributed by atoms with Crippen LogP contribution in [0.3, 0.4) is 0 Å². The fraction of sp³-hybridized carbons (Fsp3) is 0.455. The molecule has 0 radical (unpaired) electrons. The lowest BCUT2D eigenvalue weighted by Crippen LogP contribution is -2.50. The number of nitrogens with one attached hydrogen (secondary N) is 1. The number of nitrogen functional groups attached to an aromatic ring is 1. The van der Waals surface area contributed by atoms with E-state index in [-0.39, 0.29) is 18.6 Å². The lowest BCUT2D eigenvalue weighted by molar-refractivity contribution is -0.0186. The number of carbonyl (C=O) groups is 1. The number of pyridine rings is 1. The number of morpholine rings is 1. The number of nitrogens with two attached hydrogens (primary N) is 1. The van der Waals surface area contributed by atoms with Crippen LogP contribution in [-0.2, 0) is 4.74 Å². The van der Waals surface area contributed by atoms with Crippen LogP contribution in [0.5, 0.6) is 0 Å². The number of hydrogen-bond donors (Lipinski definition) is 3. The monoisotopic (exact) mass is 252 g/mol. The molecule has 18 heavy (non-hydrogen) atoms. The van der Waals surface area contributed by atoms with Gasteiger partial charge in [0.2, 0.25) is 0 Å². The molecule has 2 rings (SSSR count). The van der Waals surface area contributed by atoms with Crippen LogP contribution in [0.2, 0.25) is 0 Å². The smallest absolute Gasteiger partial charge is 0.272 e. The normalized spacial score (nSPS) is 19.7. The van der Waals surface area contributed by atoms with Crippen LogP contribution in [0.1, 0.15) is 10.5 Å². The van der Waals surface area contributed by atoms with Crippen molar-refractivity contribution in [1.82, 2.24) is 9.88 Å². The average molecular weight is 252 g/mol. The van der Waals surface area contributed by atoms with E-state index in [2.05, 4.69) is 10.4 Å². The average Bonchev–Trinajstić information content (AvgIpc) is 2.46. The van der Waals surface area contributed by atoms with Gasteiger partial charge in [-0.25, -0.2) is 4.98 Å². The lowest BCUT2D eigenvalue weighted by atomic mass is 10.2. The van der Waals surface area contributed by atoms with Crippen LogP contribution < -0.4 is 11.3 Å². The second kappa shape index (κ2) is 5.76. The third-order valence-electron chi connectivity index (χ3n) is 2.85. The molecule has 1 atom stereocenters. The molecule has 1 aromatic rings. The van der Waals surface area contributed by atoms with Crippen molar-refractivity contribution in [3.63, 3.8) is 0 Å². The van der Waals surface area contributed by atoms with Gasteiger partial charge in [0.05, 0.1) is 37.7 Å². The van der Waals surface area contributed by atoms with Crippen LogP contribution >= 0.6 is 0 Å². The van der Waals surface area contributed by atoms with E-state index >= 15 is 0 Å². The third-order valence-corrected chi connectivity index (χ3v) is 2.85. The number of hydrazine groups is 1. The number of anilines is 1. The zero-order valence-electron chi connectivity index (χ0n) is 9.87. The second-order valence-electron chi connectivity index (χ2n) is 3.99. The zero-order chi connectivity index (χ0) is 13.0. The Balaban J connectivity index is 2.13. The summed E-state index contributed by atoms with van der Waals surface area (Å²) < 4.78 is 5.22. The Hall–Kier alpha value is -1.70. The summed E-state index contributed by atoms with van der Waals surface area (Å²) in [6, 6.07) is 2.97. The summed E-state index contributed by atoms with van der Waals surface area (Å²) in [4.78, 5) is 17.8. The van der Waals surface area contributed by atoms with E-state index in [1.165, 1.54) is 6.20 Å². The van der Waals surface area contributed by atoms with Crippen LogP contribution in [-0.4, -0.2) is 53.3 Å². The second-order valence-corrected chi connectivity index (χ2v) is 3.99. The number of aliphatic hydroxyl groups excluding tert-OH is 1. The molecule has 7 nitrogen and oxygen atoms in total. The van der Waals surface area contributed by atoms with E-state index in [1.807, 2.05) is 0 Å². The molecule has 1 unspecified atom stereocenters. The molecule has 98 valence electrons. The molecule has 1 aromatic heterocycles. The van der Waals surface area contributed by atoms with Crippen LogP contribution in [0.25, 0.3) is 0 Å². The summed E-state index contributed by atoms with van der Waals surface area (Å²) in [6.07, 6.45) is 1.49. The van der Waals surface area contributed by atoms with E-state index in [4.69, 9.17) is 10.6 Å². The number of aromatic nitrogens is 1. The topological polar surface area (TPSA) is 101 Å². The highest BCUT2D eigenvalue weighted by molar-refractivity contribution is 5.92. The minimum Gasteiger partial charge on any atom is -0.394 e. The van der Waals surface area contributed by atoms with E-state index in [1.54, 1.807) is 17.0 Å². The van der Waals surface area contributed by atoms with Crippen molar-refractivity contribution in [2.24, 2.45) is 5.84 Å². The fourth-order valence-electron chi connectivity index (χ4n) is 1.83. The molecule has 2 heterocycles. The van der Waals surface area contributed by atoms with E-state index in [0.717, 1.165) is 0 Å². The van der Waals surface area contributed by atoms with Crippen molar-refractivity contribution >= 4 is 11.6 Å². The van der Waals surface area contributed by atoms with Crippen molar-refractivity contribution in [3.8, 4) is 0 Å². The first-order valence-electron chi connectivity index (χ1n) is 5.68. The molecule has 0 bridgehead atoms. The minimum absolute atomic E-state index is 0.117. The Morgan fingerprint density at radius 1 is 1.67 bits per heavy atom.